The molecule has 1 amide bonds. The number of amides is 1. The van der Waals surface area contributed by atoms with Crippen molar-refractivity contribution < 1.29 is 29.8 Å². The summed E-state index contributed by atoms with van der Waals surface area (Å²) in [4.78, 5) is 31.4. The van der Waals surface area contributed by atoms with Gasteiger partial charge in [0.1, 0.15) is 12.0 Å². The molecular formula is C6H10N2O6. The molecule has 0 aromatic heterocycles. The molecule has 2 atom stereocenters. The summed E-state index contributed by atoms with van der Waals surface area (Å²) in [6.07, 6.45) is -0.586. The molecule has 0 saturated carbocycles. The lowest BCUT2D eigenvalue weighted by atomic mass is 10.00. The van der Waals surface area contributed by atoms with Crippen LogP contribution in [0.3, 0.4) is 0 Å². The molecular weight excluding hydrogens is 196 g/mol. The molecule has 80 valence electrons. The summed E-state index contributed by atoms with van der Waals surface area (Å²) in [5, 5.41) is 25.0. The van der Waals surface area contributed by atoms with Crippen LogP contribution >= 0.6 is 0 Å². The molecule has 0 spiro atoms. The van der Waals surface area contributed by atoms with E-state index in [1.807, 2.05) is 0 Å². The Labute approximate surface area is 78.3 Å². The van der Waals surface area contributed by atoms with Gasteiger partial charge in [-0.15, -0.1) is 0 Å². The van der Waals surface area contributed by atoms with E-state index in [0.717, 1.165) is 5.48 Å². The Kier molecular flexibility index (Phi) is 4.53. The Morgan fingerprint density at radius 2 is 1.71 bits per heavy atom. The van der Waals surface area contributed by atoms with E-state index < -0.39 is 36.2 Å². The lowest BCUT2D eigenvalue weighted by molar-refractivity contribution is -0.151. The summed E-state index contributed by atoms with van der Waals surface area (Å²) in [7, 11) is 0. The minimum Gasteiger partial charge on any atom is -0.481 e. The maximum Gasteiger partial charge on any atom is 0.320 e. The second-order valence-electron chi connectivity index (χ2n) is 2.55. The predicted octanol–water partition coefficient (Wildman–Crippen LogP) is -2.01. The van der Waals surface area contributed by atoms with Crippen LogP contribution in [0.15, 0.2) is 0 Å². The smallest absolute Gasteiger partial charge is 0.320 e. The number of aliphatic carboxylic acids is 2. The molecule has 0 aromatic carbocycles. The number of nitrogens with two attached hydrogens (primary N) is 1. The van der Waals surface area contributed by atoms with Gasteiger partial charge in [0.15, 0.2) is 0 Å². The first kappa shape index (κ1) is 12.3. The van der Waals surface area contributed by atoms with E-state index >= 15 is 0 Å². The third kappa shape index (κ3) is 3.37. The molecule has 8 heteroatoms. The van der Waals surface area contributed by atoms with E-state index in [2.05, 4.69) is 0 Å². The quantitative estimate of drug-likeness (QED) is 0.198. The van der Waals surface area contributed by atoms with Crippen LogP contribution in [0.4, 0.5) is 0 Å². The molecule has 0 aromatic rings. The molecule has 0 aliphatic heterocycles. The highest BCUT2D eigenvalue weighted by Crippen LogP contribution is 2.06. The molecule has 0 saturated heterocycles. The molecule has 8 nitrogen and oxygen atoms in total. The maximum atomic E-state index is 10.7. The van der Waals surface area contributed by atoms with Crippen LogP contribution in [-0.2, 0) is 14.4 Å². The van der Waals surface area contributed by atoms with Crippen LogP contribution in [0.1, 0.15) is 6.42 Å². The number of carbonyl (C=O) groups excluding carboxylic acids is 1. The highest BCUT2D eigenvalue weighted by atomic mass is 16.5. The number of nitrogens with one attached hydrogen (secondary N) is 1. The van der Waals surface area contributed by atoms with Crippen molar-refractivity contribution >= 4 is 17.8 Å². The van der Waals surface area contributed by atoms with E-state index in [-0.39, 0.29) is 0 Å². The number of carbonyl (C=O) groups is 3. The Hall–Kier alpha value is -1.67. The SMILES string of the molecule is N[C@@H](CC(C(=O)O)C(=O)NO)C(=O)O. The summed E-state index contributed by atoms with van der Waals surface area (Å²) in [6.45, 7) is 0. The molecule has 1 unspecified atom stereocenters. The van der Waals surface area contributed by atoms with Crippen LogP contribution in [0.5, 0.6) is 0 Å². The van der Waals surface area contributed by atoms with Crippen molar-refractivity contribution in [1.82, 2.24) is 5.48 Å². The summed E-state index contributed by atoms with van der Waals surface area (Å²) >= 11 is 0. The highest BCUT2D eigenvalue weighted by molar-refractivity contribution is 5.96. The Balaban J connectivity index is 4.46. The Morgan fingerprint density at radius 3 is 2.00 bits per heavy atom. The topological polar surface area (TPSA) is 150 Å². The number of hydrogen-bond acceptors (Lipinski definition) is 5. The average Bonchev–Trinajstić information content (AvgIpc) is 2.11. The van der Waals surface area contributed by atoms with Gasteiger partial charge in [0.05, 0.1) is 0 Å². The van der Waals surface area contributed by atoms with Gasteiger partial charge in [-0.2, -0.15) is 0 Å². The van der Waals surface area contributed by atoms with Gasteiger partial charge in [0.25, 0.3) is 5.91 Å². The minimum absolute atomic E-state index is 0.586. The number of carboxylic acid groups (broad SMARTS) is 2. The fraction of sp³-hybridized carbons (Fsp3) is 0.500. The summed E-state index contributed by atoms with van der Waals surface area (Å²) < 4.78 is 0. The van der Waals surface area contributed by atoms with Crippen molar-refractivity contribution in [1.29, 1.82) is 0 Å². The zero-order chi connectivity index (χ0) is 11.3. The molecule has 14 heavy (non-hydrogen) atoms. The second-order valence-corrected chi connectivity index (χ2v) is 2.55. The second kappa shape index (κ2) is 5.14. The third-order valence-electron chi connectivity index (χ3n) is 1.53. The normalized spacial score (nSPS) is 14.1. The largest absolute Gasteiger partial charge is 0.481 e. The van der Waals surface area contributed by atoms with Crippen molar-refractivity contribution in [3.05, 3.63) is 0 Å². The molecule has 0 fully saturated rings. The number of hydroxylamine groups is 1. The average molecular weight is 206 g/mol. The third-order valence-corrected chi connectivity index (χ3v) is 1.53. The van der Waals surface area contributed by atoms with Crippen LogP contribution in [0.2, 0.25) is 0 Å². The van der Waals surface area contributed by atoms with E-state index in [1.54, 1.807) is 0 Å². The van der Waals surface area contributed by atoms with Gasteiger partial charge in [-0.05, 0) is 6.42 Å². The summed E-state index contributed by atoms with van der Waals surface area (Å²) in [5.74, 6) is -5.84. The molecule has 0 rings (SSSR count). The van der Waals surface area contributed by atoms with Gasteiger partial charge < -0.3 is 15.9 Å². The van der Waals surface area contributed by atoms with Gasteiger partial charge >= 0.3 is 11.9 Å². The van der Waals surface area contributed by atoms with Crippen LogP contribution in [-0.4, -0.2) is 39.3 Å². The lowest BCUT2D eigenvalue weighted by Gasteiger charge is -2.12. The van der Waals surface area contributed by atoms with Crippen molar-refractivity contribution in [2.45, 2.75) is 12.5 Å². The molecule has 0 aliphatic rings. The predicted molar refractivity (Wildman–Crippen MR) is 41.3 cm³/mol. The molecule has 0 aliphatic carbocycles. The standard InChI is InChI=1S/C6H10N2O6/c7-3(6(12)13)1-2(5(10)11)4(9)8-14/h2-3,14H,1,7H2,(H,8,9)(H,10,11)(H,12,13)/t2?,3-/m0/s1. The van der Waals surface area contributed by atoms with Crippen LogP contribution < -0.4 is 11.2 Å². The van der Waals surface area contributed by atoms with Crippen LogP contribution in [0, 0.1) is 5.92 Å². The molecule has 0 radical (unpaired) electrons. The van der Waals surface area contributed by atoms with Gasteiger partial charge in [0, 0.05) is 0 Å². The molecule has 6 N–H and O–H groups in total. The number of hydrogen-bond donors (Lipinski definition) is 5. The van der Waals surface area contributed by atoms with Gasteiger partial charge in [-0.1, -0.05) is 0 Å². The van der Waals surface area contributed by atoms with Crippen LogP contribution in [0.25, 0.3) is 0 Å². The van der Waals surface area contributed by atoms with Crippen molar-refractivity contribution in [3.63, 3.8) is 0 Å². The first-order valence-electron chi connectivity index (χ1n) is 3.55. The van der Waals surface area contributed by atoms with E-state index in [0.29, 0.717) is 0 Å². The van der Waals surface area contributed by atoms with E-state index in [1.165, 1.54) is 0 Å². The van der Waals surface area contributed by atoms with Crippen molar-refractivity contribution in [2.24, 2.45) is 11.7 Å². The first-order valence-corrected chi connectivity index (χ1v) is 3.55. The van der Waals surface area contributed by atoms with E-state index in [9.17, 15) is 14.4 Å². The monoisotopic (exact) mass is 206 g/mol. The highest BCUT2D eigenvalue weighted by Gasteiger charge is 2.30. The number of rotatable bonds is 5. The van der Waals surface area contributed by atoms with Crippen molar-refractivity contribution in [3.8, 4) is 0 Å². The van der Waals surface area contributed by atoms with Crippen molar-refractivity contribution in [2.75, 3.05) is 0 Å². The van der Waals surface area contributed by atoms with Gasteiger partial charge in [-0.25, -0.2) is 5.48 Å². The Bertz CT molecular complexity index is 253. The molecule has 0 bridgehead atoms. The number of carboxylic acids is 2. The van der Waals surface area contributed by atoms with Gasteiger partial charge in [-0.3, -0.25) is 19.6 Å². The first-order chi connectivity index (χ1) is 6.40. The van der Waals surface area contributed by atoms with E-state index in [4.69, 9.17) is 21.2 Å². The summed E-state index contributed by atoms with van der Waals surface area (Å²) in [5.41, 5.74) is 6.15. The fourth-order valence-corrected chi connectivity index (χ4v) is 0.753. The summed E-state index contributed by atoms with van der Waals surface area (Å²) in [6, 6.07) is -1.46. The fourth-order valence-electron chi connectivity index (χ4n) is 0.753. The maximum absolute atomic E-state index is 10.7. The zero-order valence-corrected chi connectivity index (χ0v) is 7.01. The minimum atomic E-state index is -1.67. The van der Waals surface area contributed by atoms with Gasteiger partial charge in [0.2, 0.25) is 0 Å². The molecule has 0 heterocycles. The zero-order valence-electron chi connectivity index (χ0n) is 7.01. The Morgan fingerprint density at radius 1 is 1.21 bits per heavy atom. The lowest BCUT2D eigenvalue weighted by Crippen LogP contribution is -2.40.